The molecule has 0 aromatic rings. The number of hydrogen-bond acceptors (Lipinski definition) is 2. The first-order valence-electron chi connectivity index (χ1n) is 2.65. The van der Waals surface area contributed by atoms with Crippen molar-refractivity contribution in [1.29, 1.82) is 0 Å². The predicted octanol–water partition coefficient (Wildman–Crippen LogP) is 1.58. The van der Waals surface area contributed by atoms with Gasteiger partial charge in [0.1, 0.15) is 0 Å². The van der Waals surface area contributed by atoms with E-state index in [4.69, 9.17) is 10.6 Å². The smallest absolute Gasteiger partial charge is 0.0434 e. The molecule has 0 aromatic heterocycles. The molecule has 0 saturated carbocycles. The Morgan fingerprint density at radius 2 is 2.44 bits per heavy atom. The first-order valence-corrected chi connectivity index (χ1v) is 2.65. The van der Waals surface area contributed by atoms with Crippen LogP contribution < -0.4 is 0 Å². The average molecular weight is 127 g/mol. The zero-order chi connectivity index (χ0) is 7.11. The van der Waals surface area contributed by atoms with Crippen molar-refractivity contribution in [1.82, 2.24) is 0 Å². The van der Waals surface area contributed by atoms with Crippen LogP contribution in [0.5, 0.6) is 0 Å². The van der Waals surface area contributed by atoms with Crippen molar-refractivity contribution in [2.24, 2.45) is 5.11 Å². The molecule has 0 aliphatic carbocycles. The van der Waals surface area contributed by atoms with E-state index in [9.17, 15) is 0 Å². The minimum atomic E-state index is 0.111. The molecule has 0 spiro atoms. The summed E-state index contributed by atoms with van der Waals surface area (Å²) < 4.78 is 0. The van der Waals surface area contributed by atoms with E-state index < -0.39 is 0 Å². The highest BCUT2D eigenvalue weighted by Crippen LogP contribution is 2.01. The van der Waals surface area contributed by atoms with Gasteiger partial charge in [-0.1, -0.05) is 11.7 Å². The van der Waals surface area contributed by atoms with Crippen molar-refractivity contribution in [3.05, 3.63) is 22.7 Å². The molecule has 0 heterocycles. The largest absolute Gasteiger partial charge is 0.396 e. The van der Waals surface area contributed by atoms with E-state index in [0.717, 1.165) is 0 Å². The van der Waals surface area contributed by atoms with Crippen LogP contribution in [0.15, 0.2) is 17.4 Å². The Hall–Kier alpha value is -0.990. The Morgan fingerprint density at radius 1 is 1.78 bits per heavy atom. The second kappa shape index (κ2) is 5.15. The summed E-state index contributed by atoms with van der Waals surface area (Å²) in [4.78, 5) is 2.53. The molecule has 4 nitrogen and oxygen atoms in total. The molecular formula is C5H9N3O. The molecule has 4 heteroatoms. The summed E-state index contributed by atoms with van der Waals surface area (Å²) in [7, 11) is 0. The van der Waals surface area contributed by atoms with Gasteiger partial charge in [-0.3, -0.25) is 0 Å². The lowest BCUT2D eigenvalue weighted by Crippen LogP contribution is -1.82. The third-order valence-electron chi connectivity index (χ3n) is 0.810. The van der Waals surface area contributed by atoms with Gasteiger partial charge in [-0.25, -0.2) is 0 Å². The number of aliphatic hydroxyl groups is 1. The van der Waals surface area contributed by atoms with E-state index in [1.165, 1.54) is 0 Å². The van der Waals surface area contributed by atoms with Gasteiger partial charge in [0, 0.05) is 17.2 Å². The van der Waals surface area contributed by atoms with Crippen LogP contribution in [-0.4, -0.2) is 11.7 Å². The van der Waals surface area contributed by atoms with Gasteiger partial charge in [-0.15, -0.1) is 0 Å². The van der Waals surface area contributed by atoms with Crippen molar-refractivity contribution in [3.8, 4) is 0 Å². The maximum absolute atomic E-state index is 8.31. The number of nitrogens with zero attached hydrogens (tertiary/aromatic N) is 3. The Labute approximate surface area is 53.4 Å². The molecule has 0 amide bonds. The second-order valence-electron chi connectivity index (χ2n) is 1.58. The minimum absolute atomic E-state index is 0.111. The van der Waals surface area contributed by atoms with Crippen LogP contribution in [0.1, 0.15) is 12.8 Å². The van der Waals surface area contributed by atoms with Crippen molar-refractivity contribution in [3.63, 3.8) is 0 Å². The number of azide groups is 1. The van der Waals surface area contributed by atoms with Crippen LogP contribution in [0.2, 0.25) is 0 Å². The quantitative estimate of drug-likeness (QED) is 0.347. The van der Waals surface area contributed by atoms with Crippen molar-refractivity contribution >= 4 is 0 Å². The maximum Gasteiger partial charge on any atom is 0.0434 e. The maximum atomic E-state index is 8.31. The lowest BCUT2D eigenvalue weighted by atomic mass is 10.3. The molecule has 0 aromatic carbocycles. The second-order valence-corrected chi connectivity index (χ2v) is 1.58. The zero-order valence-electron chi connectivity index (χ0n) is 5.12. The third-order valence-corrected chi connectivity index (χ3v) is 0.810. The molecule has 0 radical (unpaired) electrons. The third kappa shape index (κ3) is 4.87. The monoisotopic (exact) mass is 127 g/mol. The number of aliphatic hydroxyl groups excluding tert-OH is 1. The van der Waals surface area contributed by atoms with Gasteiger partial charge in [0.25, 0.3) is 0 Å². The Balaban J connectivity index is 3.39. The van der Waals surface area contributed by atoms with Crippen LogP contribution in [-0.2, 0) is 0 Å². The molecule has 0 atom stereocenters. The molecule has 0 unspecified atom stereocenters. The summed E-state index contributed by atoms with van der Waals surface area (Å²) in [6.07, 6.45) is 1.18. The summed E-state index contributed by atoms with van der Waals surface area (Å²) >= 11 is 0. The van der Waals surface area contributed by atoms with Crippen molar-refractivity contribution in [2.45, 2.75) is 12.8 Å². The van der Waals surface area contributed by atoms with Gasteiger partial charge in [0.15, 0.2) is 0 Å². The summed E-state index contributed by atoms with van der Waals surface area (Å²) in [5, 5.41) is 11.5. The summed E-state index contributed by atoms with van der Waals surface area (Å²) in [5.74, 6) is 0. The Bertz CT molecular complexity index is 137. The van der Waals surface area contributed by atoms with E-state index >= 15 is 0 Å². The summed E-state index contributed by atoms with van der Waals surface area (Å²) in [6, 6.07) is 0. The molecule has 0 aliphatic heterocycles. The molecule has 0 aliphatic rings. The van der Waals surface area contributed by atoms with Gasteiger partial charge in [-0.2, -0.15) is 0 Å². The fraction of sp³-hybridized carbons (Fsp3) is 0.600. The number of hydrogen-bond donors (Lipinski definition) is 1. The zero-order valence-corrected chi connectivity index (χ0v) is 5.12. The van der Waals surface area contributed by atoms with E-state index in [1.807, 2.05) is 0 Å². The van der Waals surface area contributed by atoms with Crippen molar-refractivity contribution in [2.75, 3.05) is 6.61 Å². The van der Waals surface area contributed by atoms with Crippen LogP contribution in [0, 0.1) is 0 Å². The standard InChI is InChI=1S/C5H9N3O/c1-5(7-8-6)3-2-4-9/h9H,1-4H2. The molecule has 0 fully saturated rings. The van der Waals surface area contributed by atoms with Crippen LogP contribution in [0.3, 0.4) is 0 Å². The molecule has 0 rings (SSSR count). The van der Waals surface area contributed by atoms with Crippen LogP contribution in [0.4, 0.5) is 0 Å². The Kier molecular flexibility index (Phi) is 4.59. The first kappa shape index (κ1) is 8.01. The van der Waals surface area contributed by atoms with E-state index in [1.54, 1.807) is 0 Å². The molecule has 1 N–H and O–H groups in total. The topological polar surface area (TPSA) is 69.0 Å². The SMILES string of the molecule is C=C(CCCO)N=[N+]=[N-]. The molecule has 0 saturated heterocycles. The summed E-state index contributed by atoms with van der Waals surface area (Å²) in [5.41, 5.74) is 8.35. The van der Waals surface area contributed by atoms with Crippen LogP contribution >= 0.6 is 0 Å². The Morgan fingerprint density at radius 3 is 2.89 bits per heavy atom. The van der Waals surface area contributed by atoms with Gasteiger partial charge in [0.2, 0.25) is 0 Å². The van der Waals surface area contributed by atoms with Gasteiger partial charge < -0.3 is 5.11 Å². The van der Waals surface area contributed by atoms with E-state index in [-0.39, 0.29) is 6.61 Å². The predicted molar refractivity (Wildman–Crippen MR) is 34.6 cm³/mol. The molecular weight excluding hydrogens is 118 g/mol. The molecule has 50 valence electrons. The highest BCUT2D eigenvalue weighted by atomic mass is 16.2. The fourth-order valence-corrected chi connectivity index (χ4v) is 0.396. The summed E-state index contributed by atoms with van der Waals surface area (Å²) in [6.45, 7) is 3.56. The normalized spacial score (nSPS) is 8.11. The van der Waals surface area contributed by atoms with Gasteiger partial charge >= 0.3 is 0 Å². The van der Waals surface area contributed by atoms with Gasteiger partial charge in [0.05, 0.1) is 0 Å². The van der Waals surface area contributed by atoms with Gasteiger partial charge in [-0.05, 0) is 18.4 Å². The van der Waals surface area contributed by atoms with E-state index in [0.29, 0.717) is 18.5 Å². The lowest BCUT2D eigenvalue weighted by Gasteiger charge is -1.91. The molecule has 0 bridgehead atoms. The first-order chi connectivity index (χ1) is 4.31. The average Bonchev–Trinajstić information content (AvgIpc) is 1.85. The highest BCUT2D eigenvalue weighted by molar-refractivity contribution is 4.90. The lowest BCUT2D eigenvalue weighted by molar-refractivity contribution is 0.288. The highest BCUT2D eigenvalue weighted by Gasteiger charge is 1.87. The van der Waals surface area contributed by atoms with E-state index in [2.05, 4.69) is 16.6 Å². The molecule has 9 heavy (non-hydrogen) atoms. The van der Waals surface area contributed by atoms with Crippen LogP contribution in [0.25, 0.3) is 10.4 Å². The van der Waals surface area contributed by atoms with Crippen molar-refractivity contribution < 1.29 is 5.11 Å². The number of rotatable bonds is 4. The number of allylic oxidation sites excluding steroid dienone is 1. The minimum Gasteiger partial charge on any atom is -0.396 e. The fourth-order valence-electron chi connectivity index (χ4n) is 0.396.